The predicted molar refractivity (Wildman–Crippen MR) is 99.8 cm³/mol. The van der Waals surface area contributed by atoms with Crippen LogP contribution in [-0.4, -0.2) is 48.1 Å². The Morgan fingerprint density at radius 1 is 1.27 bits per heavy atom. The van der Waals surface area contributed by atoms with Crippen LogP contribution in [0.4, 0.5) is 0 Å². The molecule has 26 heavy (non-hydrogen) atoms. The molecule has 2 aromatic carbocycles. The van der Waals surface area contributed by atoms with E-state index < -0.39 is 10.4 Å². The third-order valence-corrected chi connectivity index (χ3v) is 6.27. The first kappa shape index (κ1) is 18.8. The van der Waals surface area contributed by atoms with Crippen molar-refractivity contribution in [3.8, 4) is 11.5 Å². The summed E-state index contributed by atoms with van der Waals surface area (Å²) in [6.07, 6.45) is 0. The van der Waals surface area contributed by atoms with E-state index in [1.165, 1.54) is 18.4 Å². The fourth-order valence-electron chi connectivity index (χ4n) is 2.99. The predicted octanol–water partition coefficient (Wildman–Crippen LogP) is 2.56. The van der Waals surface area contributed by atoms with Crippen molar-refractivity contribution in [2.45, 2.75) is 18.0 Å². The Bertz CT molecular complexity index is 825. The van der Waals surface area contributed by atoms with Crippen molar-refractivity contribution in [2.24, 2.45) is 0 Å². The zero-order chi connectivity index (χ0) is 18.7. The molecule has 0 saturated heterocycles. The Kier molecular flexibility index (Phi) is 5.62. The van der Waals surface area contributed by atoms with Gasteiger partial charge in [0.1, 0.15) is 18.1 Å². The van der Waals surface area contributed by atoms with Crippen molar-refractivity contribution < 1.29 is 18.2 Å². The molecule has 140 valence electrons. The van der Waals surface area contributed by atoms with E-state index in [0.717, 1.165) is 30.0 Å². The summed E-state index contributed by atoms with van der Waals surface area (Å²) in [5.41, 5.74) is 2.10. The highest BCUT2D eigenvalue weighted by atomic mass is 32.3. The molecule has 1 aliphatic rings. The maximum Gasteiger partial charge on any atom is 0.179 e. The van der Waals surface area contributed by atoms with E-state index in [0.29, 0.717) is 18.9 Å². The van der Waals surface area contributed by atoms with Crippen molar-refractivity contribution in [3.63, 3.8) is 0 Å². The minimum absolute atomic E-state index is 0.249. The highest BCUT2D eigenvalue weighted by Gasteiger charge is 2.26. The molecular formula is C19H24N2O4S. The molecule has 0 saturated carbocycles. The van der Waals surface area contributed by atoms with E-state index in [-0.39, 0.29) is 4.90 Å². The van der Waals surface area contributed by atoms with Gasteiger partial charge in [0, 0.05) is 50.9 Å². The van der Waals surface area contributed by atoms with E-state index in [4.69, 9.17) is 9.47 Å². The highest BCUT2D eigenvalue weighted by Crippen LogP contribution is 2.30. The van der Waals surface area contributed by atoms with Crippen LogP contribution in [0.5, 0.6) is 11.5 Å². The van der Waals surface area contributed by atoms with E-state index in [1.807, 2.05) is 24.3 Å². The maximum atomic E-state index is 12.3. The van der Waals surface area contributed by atoms with Gasteiger partial charge in [-0.3, -0.25) is 4.90 Å². The Hall–Kier alpha value is -1.93. The summed E-state index contributed by atoms with van der Waals surface area (Å²) in [7, 11) is 1.25. The van der Waals surface area contributed by atoms with Crippen LogP contribution in [0.3, 0.4) is 0 Å². The van der Waals surface area contributed by atoms with Gasteiger partial charge in [-0.2, -0.15) is 0 Å². The third-order valence-electron chi connectivity index (χ3n) is 4.46. The van der Waals surface area contributed by atoms with Crippen molar-refractivity contribution in [3.05, 3.63) is 53.6 Å². The maximum absolute atomic E-state index is 12.3. The second-order valence-corrected chi connectivity index (χ2v) is 8.58. The van der Waals surface area contributed by atoms with Crippen LogP contribution >= 0.6 is 0 Å². The molecule has 2 aromatic rings. The fourth-order valence-corrected chi connectivity index (χ4v) is 3.90. The molecule has 0 bridgehead atoms. The lowest BCUT2D eigenvalue weighted by molar-refractivity contribution is 0.217. The minimum Gasteiger partial charge on any atom is -0.593 e. The SMILES string of the molecule is COc1ccccc1CN1CCOc2cc([S+](=O)([O-])N(C)C)ccc2C1. The number of hydrogen-bond acceptors (Lipinski definition) is 5. The summed E-state index contributed by atoms with van der Waals surface area (Å²) in [6.45, 7) is 2.69. The number of rotatable bonds is 5. The molecule has 0 aromatic heterocycles. The number of ether oxygens (including phenoxy) is 2. The second-order valence-electron chi connectivity index (χ2n) is 6.43. The number of para-hydroxylation sites is 1. The molecule has 1 unspecified atom stereocenters. The molecule has 3 rings (SSSR count). The van der Waals surface area contributed by atoms with Crippen molar-refractivity contribution in [2.75, 3.05) is 34.4 Å². The number of nitrogens with zero attached hydrogens (tertiary/aromatic N) is 2. The molecule has 1 atom stereocenters. The number of fused-ring (bicyclic) bond motifs is 1. The van der Waals surface area contributed by atoms with Crippen molar-refractivity contribution in [1.82, 2.24) is 9.21 Å². The lowest BCUT2D eigenvalue weighted by Gasteiger charge is -2.21. The average molecular weight is 376 g/mol. The molecule has 0 fully saturated rings. The average Bonchev–Trinajstić information content (AvgIpc) is 2.83. The van der Waals surface area contributed by atoms with Gasteiger partial charge < -0.3 is 14.0 Å². The van der Waals surface area contributed by atoms with Crippen molar-refractivity contribution >= 4 is 10.4 Å². The highest BCUT2D eigenvalue weighted by molar-refractivity contribution is 7.95. The fraction of sp³-hybridized carbons (Fsp3) is 0.368. The zero-order valence-corrected chi connectivity index (χ0v) is 16.1. The Morgan fingerprint density at radius 3 is 2.77 bits per heavy atom. The number of hydrogen-bond donors (Lipinski definition) is 0. The van der Waals surface area contributed by atoms with Crippen molar-refractivity contribution in [1.29, 1.82) is 0 Å². The van der Waals surface area contributed by atoms with Gasteiger partial charge in [-0.1, -0.05) is 22.4 Å². The van der Waals surface area contributed by atoms with Gasteiger partial charge in [0.15, 0.2) is 15.3 Å². The van der Waals surface area contributed by atoms with Crippen LogP contribution in [0.15, 0.2) is 47.4 Å². The summed E-state index contributed by atoms with van der Waals surface area (Å²) < 4.78 is 37.1. The van der Waals surface area contributed by atoms with E-state index in [9.17, 15) is 8.76 Å². The lowest BCUT2D eigenvalue weighted by Crippen LogP contribution is -2.29. The van der Waals surface area contributed by atoms with E-state index in [1.54, 1.807) is 19.2 Å². The van der Waals surface area contributed by atoms with Gasteiger partial charge in [-0.25, -0.2) is 0 Å². The first-order chi connectivity index (χ1) is 12.4. The van der Waals surface area contributed by atoms with Gasteiger partial charge in [-0.05, 0) is 18.2 Å². The molecule has 1 aliphatic heterocycles. The minimum atomic E-state index is -3.47. The van der Waals surface area contributed by atoms with Crippen LogP contribution in [0.2, 0.25) is 0 Å². The molecule has 0 N–H and O–H groups in total. The van der Waals surface area contributed by atoms with Crippen LogP contribution in [-0.2, 0) is 27.7 Å². The van der Waals surface area contributed by atoms with Gasteiger partial charge in [-0.15, -0.1) is 4.31 Å². The Balaban J connectivity index is 1.82. The largest absolute Gasteiger partial charge is 0.593 e. The summed E-state index contributed by atoms with van der Waals surface area (Å²) in [6, 6.07) is 13.1. The lowest BCUT2D eigenvalue weighted by atomic mass is 10.1. The molecule has 0 radical (unpaired) electrons. The molecule has 0 amide bonds. The molecule has 0 spiro atoms. The van der Waals surface area contributed by atoms with E-state index >= 15 is 0 Å². The van der Waals surface area contributed by atoms with Gasteiger partial charge in [0.25, 0.3) is 0 Å². The Labute approximate surface area is 155 Å². The Morgan fingerprint density at radius 2 is 2.04 bits per heavy atom. The summed E-state index contributed by atoms with van der Waals surface area (Å²) >= 11 is 0. The van der Waals surface area contributed by atoms with Gasteiger partial charge in [0.2, 0.25) is 0 Å². The second kappa shape index (κ2) is 7.75. The van der Waals surface area contributed by atoms with Crippen LogP contribution in [0, 0.1) is 0 Å². The summed E-state index contributed by atoms with van der Waals surface area (Å²) in [4.78, 5) is 2.52. The number of sulfonamides is 1. The standard InChI is InChI=1S/C19H24N2O4S/c1-20(2)26(22,23)17-9-8-16-14-21(10-11-25-19(16)12-17)13-15-6-4-5-7-18(15)24-3/h4-9,12H,10-11,13-14H2,1-3H3. The molecular weight excluding hydrogens is 352 g/mol. The quantitative estimate of drug-likeness (QED) is 0.751. The smallest absolute Gasteiger partial charge is 0.179 e. The topological polar surface area (TPSA) is 65.1 Å². The first-order valence-corrected chi connectivity index (χ1v) is 9.88. The summed E-state index contributed by atoms with van der Waals surface area (Å²) in [5, 5.41) is 0. The van der Waals surface area contributed by atoms with Gasteiger partial charge >= 0.3 is 0 Å². The van der Waals surface area contributed by atoms with Crippen LogP contribution in [0.25, 0.3) is 0 Å². The molecule has 6 nitrogen and oxygen atoms in total. The number of benzene rings is 2. The zero-order valence-electron chi connectivity index (χ0n) is 15.3. The normalized spacial score (nSPS) is 17.1. The number of methoxy groups -OCH3 is 1. The molecule has 7 heteroatoms. The monoisotopic (exact) mass is 376 g/mol. The summed E-state index contributed by atoms with van der Waals surface area (Å²) in [5.74, 6) is 1.50. The van der Waals surface area contributed by atoms with E-state index in [2.05, 4.69) is 11.0 Å². The third kappa shape index (κ3) is 3.91. The van der Waals surface area contributed by atoms with Crippen LogP contribution < -0.4 is 9.47 Å². The molecule has 1 heterocycles. The first-order valence-electron chi connectivity index (χ1n) is 8.44. The van der Waals surface area contributed by atoms with Gasteiger partial charge in [0.05, 0.1) is 7.11 Å². The molecule has 0 aliphatic carbocycles. The van der Waals surface area contributed by atoms with Crippen LogP contribution in [0.1, 0.15) is 11.1 Å².